The van der Waals surface area contributed by atoms with Crippen molar-refractivity contribution < 1.29 is 9.59 Å². The van der Waals surface area contributed by atoms with Crippen LogP contribution in [0.2, 0.25) is 0 Å². The molecule has 0 bridgehead atoms. The fourth-order valence-corrected chi connectivity index (χ4v) is 4.24. The number of nitrogens with zero attached hydrogens (tertiary/aromatic N) is 1. The molecule has 7 heteroatoms. The number of anilines is 1. The number of amides is 2. The number of carbonyl (C=O) groups is 2. The van der Waals surface area contributed by atoms with Crippen LogP contribution in [0.15, 0.2) is 36.4 Å². The monoisotopic (exact) mass is 415 g/mol. The molecule has 3 aromatic rings. The molecule has 4 rings (SSSR count). The number of nitrogens with one attached hydrogen (secondary N) is 2. The van der Waals surface area contributed by atoms with E-state index in [-0.39, 0.29) is 18.9 Å². The van der Waals surface area contributed by atoms with Gasteiger partial charge in [0, 0.05) is 46.9 Å². The molecule has 1 aliphatic rings. The largest absolute Gasteiger partial charge is 0.398 e. The highest BCUT2D eigenvalue weighted by atomic mass is 16.2. The van der Waals surface area contributed by atoms with Crippen LogP contribution in [0.4, 0.5) is 5.69 Å². The Hall–Kier alpha value is -3.74. The molecule has 0 atom stereocenters. The van der Waals surface area contributed by atoms with E-state index >= 15 is 0 Å². The van der Waals surface area contributed by atoms with Gasteiger partial charge in [0.05, 0.1) is 11.2 Å². The van der Waals surface area contributed by atoms with Crippen LogP contribution in [-0.2, 0) is 17.6 Å². The van der Waals surface area contributed by atoms with Crippen molar-refractivity contribution in [3.63, 3.8) is 0 Å². The van der Waals surface area contributed by atoms with E-state index in [2.05, 4.69) is 5.32 Å². The molecule has 0 unspecified atom stereocenters. The number of nitrogens with two attached hydrogens (primary N) is 2. The third kappa shape index (κ3) is 3.99. The van der Waals surface area contributed by atoms with E-state index in [0.29, 0.717) is 11.3 Å². The molecule has 7 nitrogen and oxygen atoms in total. The minimum absolute atomic E-state index is 0.110. The highest BCUT2D eigenvalue weighted by Crippen LogP contribution is 2.37. The molecule has 2 aromatic carbocycles. The van der Waals surface area contributed by atoms with E-state index in [0.717, 1.165) is 53.4 Å². The number of nitrogen functional groups attached to an aromatic ring is 1. The molecule has 0 spiro atoms. The van der Waals surface area contributed by atoms with Crippen LogP contribution in [0.3, 0.4) is 0 Å². The van der Waals surface area contributed by atoms with E-state index in [1.54, 1.807) is 18.2 Å². The van der Waals surface area contributed by atoms with Crippen LogP contribution in [0, 0.1) is 5.41 Å². The summed E-state index contributed by atoms with van der Waals surface area (Å²) in [6.07, 6.45) is 5.48. The molecule has 0 fully saturated rings. The molecular formula is C24H25N5O2. The number of hydrogen-bond acceptors (Lipinski definition) is 5. The SMILES string of the molecule is N=Cc1c(N)ccc2nc(-c3ccc(C(=O)NCCC(N)=O)cc3)c3c(c12)CCCC3. The molecule has 1 heterocycles. The highest BCUT2D eigenvalue weighted by Gasteiger charge is 2.21. The Labute approximate surface area is 180 Å². The van der Waals surface area contributed by atoms with Gasteiger partial charge < -0.3 is 22.2 Å². The maximum absolute atomic E-state index is 12.3. The topological polar surface area (TPSA) is 135 Å². The number of pyridine rings is 1. The molecule has 158 valence electrons. The lowest BCUT2D eigenvalue weighted by Gasteiger charge is -2.23. The molecule has 2 amide bonds. The van der Waals surface area contributed by atoms with Gasteiger partial charge in [-0.3, -0.25) is 9.59 Å². The third-order valence-electron chi connectivity index (χ3n) is 5.77. The Bertz CT molecular complexity index is 1190. The quantitative estimate of drug-likeness (QED) is 0.363. The summed E-state index contributed by atoms with van der Waals surface area (Å²) in [4.78, 5) is 28.0. The van der Waals surface area contributed by atoms with Crippen LogP contribution in [0.1, 0.15) is 46.3 Å². The summed E-state index contributed by atoms with van der Waals surface area (Å²) in [6, 6.07) is 11.1. The zero-order chi connectivity index (χ0) is 22.0. The van der Waals surface area contributed by atoms with Crippen LogP contribution >= 0.6 is 0 Å². The van der Waals surface area contributed by atoms with Crippen LogP contribution in [-0.4, -0.2) is 29.6 Å². The first-order valence-corrected chi connectivity index (χ1v) is 10.4. The maximum atomic E-state index is 12.3. The van der Waals surface area contributed by atoms with Crippen molar-refractivity contribution in [1.29, 1.82) is 5.41 Å². The van der Waals surface area contributed by atoms with Crippen molar-refractivity contribution in [2.45, 2.75) is 32.1 Å². The Balaban J connectivity index is 1.73. The lowest BCUT2D eigenvalue weighted by atomic mass is 9.85. The Morgan fingerprint density at radius 1 is 1.06 bits per heavy atom. The second-order valence-corrected chi connectivity index (χ2v) is 7.78. The first kappa shape index (κ1) is 20.5. The average Bonchev–Trinajstić information content (AvgIpc) is 2.78. The van der Waals surface area contributed by atoms with E-state index < -0.39 is 5.91 Å². The predicted molar refractivity (Wildman–Crippen MR) is 122 cm³/mol. The van der Waals surface area contributed by atoms with Gasteiger partial charge in [0.25, 0.3) is 5.91 Å². The van der Waals surface area contributed by atoms with E-state index in [9.17, 15) is 9.59 Å². The van der Waals surface area contributed by atoms with Gasteiger partial charge in [-0.2, -0.15) is 0 Å². The second-order valence-electron chi connectivity index (χ2n) is 7.78. The molecular weight excluding hydrogens is 390 g/mol. The lowest BCUT2D eigenvalue weighted by Crippen LogP contribution is -2.27. The summed E-state index contributed by atoms with van der Waals surface area (Å²) in [5, 5.41) is 11.5. The van der Waals surface area contributed by atoms with Crippen LogP contribution < -0.4 is 16.8 Å². The fourth-order valence-electron chi connectivity index (χ4n) is 4.24. The number of benzene rings is 2. The first-order valence-electron chi connectivity index (χ1n) is 10.4. The average molecular weight is 415 g/mol. The number of aromatic nitrogens is 1. The lowest BCUT2D eigenvalue weighted by molar-refractivity contribution is -0.117. The molecule has 1 aromatic heterocycles. The van der Waals surface area contributed by atoms with Crippen LogP contribution in [0.25, 0.3) is 22.2 Å². The summed E-state index contributed by atoms with van der Waals surface area (Å²) in [7, 11) is 0. The van der Waals surface area contributed by atoms with Crippen molar-refractivity contribution in [2.75, 3.05) is 12.3 Å². The molecule has 6 N–H and O–H groups in total. The number of fused-ring (bicyclic) bond motifs is 3. The zero-order valence-electron chi connectivity index (χ0n) is 17.2. The summed E-state index contributed by atoms with van der Waals surface area (Å²) < 4.78 is 0. The van der Waals surface area contributed by atoms with E-state index in [1.165, 1.54) is 17.3 Å². The third-order valence-corrected chi connectivity index (χ3v) is 5.77. The Morgan fingerprint density at radius 2 is 1.77 bits per heavy atom. The number of hydrogen-bond donors (Lipinski definition) is 4. The van der Waals surface area contributed by atoms with Gasteiger partial charge >= 0.3 is 0 Å². The zero-order valence-corrected chi connectivity index (χ0v) is 17.2. The summed E-state index contributed by atoms with van der Waals surface area (Å²) in [5.41, 5.74) is 18.2. The summed E-state index contributed by atoms with van der Waals surface area (Å²) in [6.45, 7) is 0.216. The number of primary amides is 1. The number of rotatable bonds is 6. The Kier molecular flexibility index (Phi) is 5.66. The maximum Gasteiger partial charge on any atom is 0.251 e. The second kappa shape index (κ2) is 8.55. The van der Waals surface area contributed by atoms with Gasteiger partial charge in [0.1, 0.15) is 0 Å². The molecule has 1 aliphatic carbocycles. The van der Waals surface area contributed by atoms with Gasteiger partial charge in [-0.25, -0.2) is 4.98 Å². The molecule has 0 radical (unpaired) electrons. The van der Waals surface area contributed by atoms with Gasteiger partial charge in [-0.15, -0.1) is 0 Å². The summed E-state index contributed by atoms with van der Waals surface area (Å²) >= 11 is 0. The highest BCUT2D eigenvalue weighted by molar-refractivity contribution is 6.05. The van der Waals surface area contributed by atoms with Crippen molar-refractivity contribution in [3.8, 4) is 11.3 Å². The van der Waals surface area contributed by atoms with Crippen LogP contribution in [0.5, 0.6) is 0 Å². The first-order chi connectivity index (χ1) is 15.0. The van der Waals surface area contributed by atoms with E-state index in [1.807, 2.05) is 18.2 Å². The molecule has 31 heavy (non-hydrogen) atoms. The summed E-state index contributed by atoms with van der Waals surface area (Å²) in [5.74, 6) is -0.692. The van der Waals surface area contributed by atoms with Crippen molar-refractivity contribution in [2.24, 2.45) is 5.73 Å². The number of carbonyl (C=O) groups excluding carboxylic acids is 2. The molecule has 0 saturated heterocycles. The Morgan fingerprint density at radius 3 is 2.45 bits per heavy atom. The minimum atomic E-state index is -0.448. The molecule has 0 aliphatic heterocycles. The smallest absolute Gasteiger partial charge is 0.251 e. The van der Waals surface area contributed by atoms with Crippen molar-refractivity contribution >= 4 is 34.6 Å². The minimum Gasteiger partial charge on any atom is -0.398 e. The standard InChI is InChI=1S/C24H25N5O2/c25-13-18-19(26)9-10-20-22(18)16-3-1-2-4-17(16)23(29-20)14-5-7-15(8-6-14)24(31)28-12-11-21(27)30/h5-10,13,25H,1-4,11-12,26H2,(H2,27,30)(H,28,31). The van der Waals surface area contributed by atoms with Gasteiger partial charge in [-0.1, -0.05) is 12.1 Å². The van der Waals surface area contributed by atoms with Gasteiger partial charge in [0.15, 0.2) is 0 Å². The number of aryl methyl sites for hydroxylation is 1. The van der Waals surface area contributed by atoms with Gasteiger partial charge in [0.2, 0.25) is 5.91 Å². The predicted octanol–water partition coefficient (Wildman–Crippen LogP) is 2.97. The molecule has 0 saturated carbocycles. The van der Waals surface area contributed by atoms with E-state index in [4.69, 9.17) is 21.9 Å². The van der Waals surface area contributed by atoms with Gasteiger partial charge in [-0.05, 0) is 61.1 Å². The van der Waals surface area contributed by atoms with Crippen molar-refractivity contribution in [1.82, 2.24) is 10.3 Å². The normalized spacial score (nSPS) is 12.9. The fraction of sp³-hybridized carbons (Fsp3) is 0.250. The van der Waals surface area contributed by atoms with Crippen molar-refractivity contribution in [3.05, 3.63) is 58.7 Å².